The molecule has 1 aliphatic rings. The molecule has 2 aromatic carbocycles. The molecule has 0 spiro atoms. The van der Waals surface area contributed by atoms with E-state index in [-0.39, 0.29) is 11.8 Å². The maximum absolute atomic E-state index is 12.9. The van der Waals surface area contributed by atoms with Gasteiger partial charge in [-0.3, -0.25) is 19.6 Å². The van der Waals surface area contributed by atoms with E-state index in [1.54, 1.807) is 18.2 Å². The smallest absolute Gasteiger partial charge is 0.261 e. The molecule has 0 radical (unpaired) electrons. The summed E-state index contributed by atoms with van der Waals surface area (Å²) in [5.74, 6) is 0.498. The maximum Gasteiger partial charge on any atom is 0.261 e. The van der Waals surface area contributed by atoms with Crippen LogP contribution in [0, 0.1) is 4.77 Å². The van der Waals surface area contributed by atoms with Gasteiger partial charge in [-0.25, -0.2) is 0 Å². The number of hydrogen-bond donors (Lipinski definition) is 1. The monoisotopic (exact) mass is 406 g/mol. The van der Waals surface area contributed by atoms with Crippen LogP contribution in [0.1, 0.15) is 45.8 Å². The highest BCUT2D eigenvalue weighted by Crippen LogP contribution is 2.30. The second-order valence-electron chi connectivity index (χ2n) is 7.13. The summed E-state index contributed by atoms with van der Waals surface area (Å²) in [6, 6.07) is 11.2. The van der Waals surface area contributed by atoms with Gasteiger partial charge in [0.05, 0.1) is 0 Å². The number of imide groups is 1. The molecule has 1 aromatic heterocycles. The lowest BCUT2D eigenvalue weighted by Gasteiger charge is -2.27. The normalized spacial score (nSPS) is 13.3. The van der Waals surface area contributed by atoms with Gasteiger partial charge < -0.3 is 4.57 Å². The summed E-state index contributed by atoms with van der Waals surface area (Å²) in [5, 5.41) is 8.78. The van der Waals surface area contributed by atoms with Crippen LogP contribution in [0.15, 0.2) is 49.1 Å². The molecular weight excluding hydrogens is 384 g/mol. The van der Waals surface area contributed by atoms with Crippen LogP contribution in [0.5, 0.6) is 0 Å². The molecule has 2 amide bonds. The van der Waals surface area contributed by atoms with E-state index in [1.165, 1.54) is 4.90 Å². The number of nitrogens with zero attached hydrogens (tertiary/aromatic N) is 3. The summed E-state index contributed by atoms with van der Waals surface area (Å²) in [4.78, 5) is 27.1. The van der Waals surface area contributed by atoms with E-state index in [0.717, 1.165) is 42.3 Å². The van der Waals surface area contributed by atoms with Crippen LogP contribution in [0.4, 0.5) is 0 Å². The first-order valence-corrected chi connectivity index (χ1v) is 10.2. The van der Waals surface area contributed by atoms with Gasteiger partial charge in [0, 0.05) is 36.0 Å². The molecule has 7 heteroatoms. The van der Waals surface area contributed by atoms with Crippen LogP contribution >= 0.6 is 12.2 Å². The maximum atomic E-state index is 12.9. The average Bonchev–Trinajstić information content (AvgIpc) is 3.08. The number of carbonyl (C=O) groups excluding carboxylic acids is 2. The minimum absolute atomic E-state index is 0.203. The molecule has 148 valence electrons. The van der Waals surface area contributed by atoms with Crippen molar-refractivity contribution in [2.75, 3.05) is 6.54 Å². The van der Waals surface area contributed by atoms with E-state index in [9.17, 15) is 9.59 Å². The van der Waals surface area contributed by atoms with Crippen molar-refractivity contribution < 1.29 is 9.59 Å². The van der Waals surface area contributed by atoms with E-state index in [2.05, 4.69) is 16.8 Å². The molecule has 0 aliphatic carbocycles. The number of aryl methyl sites for hydroxylation is 1. The molecule has 0 bridgehead atoms. The van der Waals surface area contributed by atoms with Crippen molar-refractivity contribution in [3.63, 3.8) is 0 Å². The molecule has 29 heavy (non-hydrogen) atoms. The van der Waals surface area contributed by atoms with Gasteiger partial charge in [0.2, 0.25) is 0 Å². The molecule has 0 fully saturated rings. The minimum atomic E-state index is -0.203. The molecule has 0 saturated heterocycles. The third kappa shape index (κ3) is 3.53. The van der Waals surface area contributed by atoms with E-state index < -0.39 is 0 Å². The number of aromatic amines is 1. The highest BCUT2D eigenvalue weighted by molar-refractivity contribution is 7.71. The summed E-state index contributed by atoms with van der Waals surface area (Å²) < 4.78 is 2.52. The lowest BCUT2D eigenvalue weighted by atomic mass is 9.94. The number of benzene rings is 2. The molecule has 2 heterocycles. The summed E-state index contributed by atoms with van der Waals surface area (Å²) in [5.41, 5.74) is 1.22. The lowest BCUT2D eigenvalue weighted by molar-refractivity contribution is 0.0608. The Bertz CT molecular complexity index is 1110. The van der Waals surface area contributed by atoms with Crippen molar-refractivity contribution in [2.45, 2.75) is 32.2 Å². The minimum Gasteiger partial charge on any atom is -0.300 e. The summed E-state index contributed by atoms with van der Waals surface area (Å²) in [6.07, 6.45) is 5.11. The number of allylic oxidation sites excluding steroid dienone is 1. The fraction of sp³-hybridized carbons (Fsp3) is 0.273. The Labute approximate surface area is 173 Å². The van der Waals surface area contributed by atoms with Crippen LogP contribution in [-0.2, 0) is 13.0 Å². The van der Waals surface area contributed by atoms with Crippen LogP contribution in [0.3, 0.4) is 0 Å². The van der Waals surface area contributed by atoms with E-state index in [0.29, 0.717) is 29.0 Å². The first-order valence-electron chi connectivity index (χ1n) is 9.74. The first kappa shape index (κ1) is 19.3. The van der Waals surface area contributed by atoms with Crippen molar-refractivity contribution in [3.05, 3.63) is 70.8 Å². The number of rotatable bonds is 8. The third-order valence-corrected chi connectivity index (χ3v) is 5.60. The Hall–Kier alpha value is -3.06. The summed E-state index contributed by atoms with van der Waals surface area (Å²) in [7, 11) is 0. The van der Waals surface area contributed by atoms with Crippen molar-refractivity contribution in [1.29, 1.82) is 0 Å². The number of aromatic nitrogens is 3. The molecule has 3 aromatic rings. The van der Waals surface area contributed by atoms with Gasteiger partial charge in [-0.05, 0) is 42.6 Å². The average molecular weight is 407 g/mol. The highest BCUT2D eigenvalue weighted by Gasteiger charge is 2.31. The van der Waals surface area contributed by atoms with Crippen molar-refractivity contribution >= 4 is 34.8 Å². The fourth-order valence-electron chi connectivity index (χ4n) is 3.87. The Morgan fingerprint density at radius 2 is 1.72 bits per heavy atom. The Morgan fingerprint density at radius 1 is 1.03 bits per heavy atom. The quantitative estimate of drug-likeness (QED) is 0.262. The second kappa shape index (κ2) is 8.13. The zero-order valence-electron chi connectivity index (χ0n) is 16.1. The number of hydrogen-bond acceptors (Lipinski definition) is 4. The Morgan fingerprint density at radius 3 is 2.38 bits per heavy atom. The first-order chi connectivity index (χ1) is 14.1. The molecule has 0 unspecified atom stereocenters. The highest BCUT2D eigenvalue weighted by atomic mass is 32.1. The van der Waals surface area contributed by atoms with Crippen LogP contribution in [0.2, 0.25) is 0 Å². The van der Waals surface area contributed by atoms with Gasteiger partial charge in [-0.1, -0.05) is 36.8 Å². The van der Waals surface area contributed by atoms with Crippen molar-refractivity contribution in [2.24, 2.45) is 0 Å². The zero-order valence-corrected chi connectivity index (χ0v) is 16.9. The summed E-state index contributed by atoms with van der Waals surface area (Å²) in [6.45, 7) is 4.80. The molecule has 0 atom stereocenters. The molecule has 4 rings (SSSR count). The Kier molecular flexibility index (Phi) is 5.40. The third-order valence-electron chi connectivity index (χ3n) is 5.29. The number of H-pyrrole nitrogens is 1. The molecule has 1 aliphatic heterocycles. The van der Waals surface area contributed by atoms with Crippen molar-refractivity contribution in [3.8, 4) is 0 Å². The standard InChI is InChI=1S/C22H22N4O2S/c1-2-13-25-18(23-24-22(25)29)12-4-3-5-14-26-20(27)16-10-6-8-15-9-7-11-17(19(15)16)21(26)28/h2,6-11H,1,3-5,12-14H2,(H,24,29). The number of nitrogens with one attached hydrogen (secondary N) is 1. The Balaban J connectivity index is 1.39. The summed E-state index contributed by atoms with van der Waals surface area (Å²) >= 11 is 5.23. The lowest BCUT2D eigenvalue weighted by Crippen LogP contribution is -2.40. The van der Waals surface area contributed by atoms with Gasteiger partial charge in [-0.2, -0.15) is 5.10 Å². The largest absolute Gasteiger partial charge is 0.300 e. The SMILES string of the molecule is C=CCn1c(CCCCCN2C(=O)c3cccc4cccc(c34)C2=O)n[nH]c1=S. The van der Waals surface area contributed by atoms with Crippen LogP contribution in [-0.4, -0.2) is 38.0 Å². The predicted octanol–water partition coefficient (Wildman–Crippen LogP) is 4.29. The van der Waals surface area contributed by atoms with Crippen LogP contribution < -0.4 is 0 Å². The predicted molar refractivity (Wildman–Crippen MR) is 114 cm³/mol. The van der Waals surface area contributed by atoms with E-state index >= 15 is 0 Å². The van der Waals surface area contributed by atoms with Gasteiger partial charge >= 0.3 is 0 Å². The zero-order chi connectivity index (χ0) is 20.4. The van der Waals surface area contributed by atoms with Gasteiger partial charge in [-0.15, -0.1) is 6.58 Å². The molecule has 0 saturated carbocycles. The fourth-order valence-corrected chi connectivity index (χ4v) is 4.10. The number of unbranched alkanes of at least 4 members (excludes halogenated alkanes) is 2. The van der Waals surface area contributed by atoms with E-state index in [1.807, 2.05) is 28.8 Å². The van der Waals surface area contributed by atoms with E-state index in [4.69, 9.17) is 12.2 Å². The molecular formula is C22H22N4O2S. The van der Waals surface area contributed by atoms with Gasteiger partial charge in [0.1, 0.15) is 5.82 Å². The van der Waals surface area contributed by atoms with Gasteiger partial charge in [0.25, 0.3) is 11.8 Å². The number of carbonyl (C=O) groups is 2. The molecule has 1 N–H and O–H groups in total. The molecule has 6 nitrogen and oxygen atoms in total. The topological polar surface area (TPSA) is 71.0 Å². The number of amides is 2. The van der Waals surface area contributed by atoms with Crippen LogP contribution in [0.25, 0.3) is 10.8 Å². The second-order valence-corrected chi connectivity index (χ2v) is 7.51. The van der Waals surface area contributed by atoms with Crippen molar-refractivity contribution in [1.82, 2.24) is 19.7 Å². The van der Waals surface area contributed by atoms with Gasteiger partial charge in [0.15, 0.2) is 4.77 Å².